The maximum absolute atomic E-state index is 6.20. The van der Waals surface area contributed by atoms with E-state index in [0.29, 0.717) is 0 Å². The molecule has 0 aliphatic rings. The molecule has 0 spiro atoms. The molecule has 0 aliphatic carbocycles. The Kier molecular flexibility index (Phi) is 5.87. The van der Waals surface area contributed by atoms with Crippen LogP contribution in [0.3, 0.4) is 0 Å². The summed E-state index contributed by atoms with van der Waals surface area (Å²) in [6.45, 7) is 18.9. The minimum absolute atomic E-state index is 0.885. The second-order valence-corrected chi connectivity index (χ2v) is 18.3. The average Bonchev–Trinajstić information content (AvgIpc) is 1.94. The predicted octanol–water partition coefficient (Wildman–Crippen LogP) is 4.20. The Morgan fingerprint density at radius 2 is 1.18 bits per heavy atom. The smallest absolute Gasteiger partial charge is 0.506 e. The van der Waals surface area contributed by atoms with E-state index < -0.39 is 25.4 Å². The van der Waals surface area contributed by atoms with E-state index in [9.17, 15) is 0 Å². The summed E-state index contributed by atoms with van der Waals surface area (Å²) < 4.78 is 18.4. The van der Waals surface area contributed by atoms with Crippen LogP contribution in [0.2, 0.25) is 45.8 Å². The van der Waals surface area contributed by atoms with Gasteiger partial charge in [0.2, 0.25) is 0 Å². The molecule has 0 aromatic heterocycles. The molecular weight excluding hydrogens is 264 g/mol. The number of allylic oxidation sites excluding steroid dienone is 2. The van der Waals surface area contributed by atoms with E-state index in [-0.39, 0.29) is 0 Å². The van der Waals surface area contributed by atoms with Crippen LogP contribution < -0.4 is 0 Å². The van der Waals surface area contributed by atoms with Gasteiger partial charge in [-0.1, -0.05) is 6.08 Å². The maximum atomic E-state index is 6.20. The van der Waals surface area contributed by atoms with Crippen molar-refractivity contribution in [3.63, 3.8) is 0 Å². The Balaban J connectivity index is 4.94. The van der Waals surface area contributed by atoms with Crippen LogP contribution in [0.25, 0.3) is 0 Å². The first-order chi connectivity index (χ1) is 7.37. The average molecular weight is 293 g/mol. The van der Waals surface area contributed by atoms with Gasteiger partial charge < -0.3 is 12.7 Å². The highest BCUT2D eigenvalue weighted by molar-refractivity contribution is 6.85. The van der Waals surface area contributed by atoms with Gasteiger partial charge in [-0.25, -0.2) is 0 Å². The largest absolute Gasteiger partial charge is 0.541 e. The summed E-state index contributed by atoms with van der Waals surface area (Å²) in [5.41, 5.74) is 0. The van der Waals surface area contributed by atoms with Crippen LogP contribution in [0.4, 0.5) is 0 Å². The van der Waals surface area contributed by atoms with Crippen molar-refractivity contribution in [2.75, 3.05) is 0 Å². The standard InChI is InChI=1S/C11H28O3Si3/c1-10-11(2)12-17(9,13-15(3,4)5)14-16(6,7)8/h10H,1-9H3/b11-10-. The summed E-state index contributed by atoms with van der Waals surface area (Å²) in [5.74, 6) is 0.885. The number of rotatable bonds is 6. The summed E-state index contributed by atoms with van der Waals surface area (Å²) in [7, 11) is -5.88. The number of hydrogen-bond donors (Lipinski definition) is 0. The summed E-state index contributed by atoms with van der Waals surface area (Å²) in [4.78, 5) is 0. The van der Waals surface area contributed by atoms with Crippen LogP contribution in [0.1, 0.15) is 13.8 Å². The van der Waals surface area contributed by atoms with Gasteiger partial charge in [0.25, 0.3) is 0 Å². The first-order valence-corrected chi connectivity index (χ1v) is 15.1. The summed E-state index contributed by atoms with van der Waals surface area (Å²) in [5, 5.41) is 0. The van der Waals surface area contributed by atoms with Gasteiger partial charge >= 0.3 is 8.80 Å². The lowest BCUT2D eigenvalue weighted by Gasteiger charge is -2.37. The lowest BCUT2D eigenvalue weighted by Crippen LogP contribution is -2.54. The van der Waals surface area contributed by atoms with Crippen molar-refractivity contribution < 1.29 is 12.7 Å². The molecule has 0 unspecified atom stereocenters. The third-order valence-electron chi connectivity index (χ3n) is 1.74. The SMILES string of the molecule is C/C=C(/C)O[Si](C)(O[Si](C)(C)C)O[Si](C)(C)C. The van der Waals surface area contributed by atoms with E-state index in [0.717, 1.165) is 5.76 Å². The Hall–Kier alpha value is 0.111. The highest BCUT2D eigenvalue weighted by atomic mass is 28.5. The van der Waals surface area contributed by atoms with Gasteiger partial charge in [-0.15, -0.1) is 0 Å². The Morgan fingerprint density at radius 3 is 1.41 bits per heavy atom. The van der Waals surface area contributed by atoms with Gasteiger partial charge in [-0.3, -0.25) is 0 Å². The Morgan fingerprint density at radius 1 is 0.824 bits per heavy atom. The van der Waals surface area contributed by atoms with Crippen molar-refractivity contribution in [2.24, 2.45) is 0 Å². The molecule has 3 nitrogen and oxygen atoms in total. The van der Waals surface area contributed by atoms with Crippen molar-refractivity contribution in [1.82, 2.24) is 0 Å². The molecule has 0 saturated heterocycles. The predicted molar refractivity (Wildman–Crippen MR) is 81.0 cm³/mol. The molecule has 0 aliphatic heterocycles. The fourth-order valence-corrected chi connectivity index (χ4v) is 12.0. The fourth-order valence-electron chi connectivity index (χ4n) is 1.53. The molecule has 0 amide bonds. The minimum atomic E-state index is -2.55. The Labute approximate surface area is 110 Å². The normalized spacial score (nSPS) is 15.0. The first kappa shape index (κ1) is 17.1. The number of hydrogen-bond acceptors (Lipinski definition) is 3. The van der Waals surface area contributed by atoms with Crippen LogP contribution in [-0.4, -0.2) is 25.4 Å². The van der Waals surface area contributed by atoms with E-state index in [1.165, 1.54) is 0 Å². The van der Waals surface area contributed by atoms with Crippen LogP contribution >= 0.6 is 0 Å². The lowest BCUT2D eigenvalue weighted by atomic mass is 10.5. The first-order valence-electron chi connectivity index (χ1n) is 6.09. The molecule has 0 N–H and O–H groups in total. The molecule has 0 bridgehead atoms. The van der Waals surface area contributed by atoms with Gasteiger partial charge in [0.15, 0.2) is 16.6 Å². The van der Waals surface area contributed by atoms with E-state index in [1.807, 2.05) is 26.5 Å². The maximum Gasteiger partial charge on any atom is 0.541 e. The van der Waals surface area contributed by atoms with Gasteiger partial charge in [0.05, 0.1) is 5.76 Å². The van der Waals surface area contributed by atoms with Crippen LogP contribution in [-0.2, 0) is 12.7 Å². The minimum Gasteiger partial charge on any atom is -0.506 e. The molecule has 6 heteroatoms. The monoisotopic (exact) mass is 292 g/mol. The molecule has 0 aromatic carbocycles. The van der Waals surface area contributed by atoms with E-state index >= 15 is 0 Å². The highest BCUT2D eigenvalue weighted by Gasteiger charge is 2.44. The van der Waals surface area contributed by atoms with Gasteiger partial charge in [0, 0.05) is 6.55 Å². The molecule has 0 heterocycles. The van der Waals surface area contributed by atoms with Crippen LogP contribution in [0, 0.1) is 0 Å². The third-order valence-corrected chi connectivity index (χ3v) is 10.3. The third kappa shape index (κ3) is 8.78. The van der Waals surface area contributed by atoms with E-state index in [1.54, 1.807) is 0 Å². The van der Waals surface area contributed by atoms with Crippen molar-refractivity contribution in [3.8, 4) is 0 Å². The van der Waals surface area contributed by atoms with Crippen molar-refractivity contribution in [3.05, 3.63) is 11.8 Å². The van der Waals surface area contributed by atoms with Gasteiger partial charge in [-0.2, -0.15) is 0 Å². The zero-order valence-electron chi connectivity index (χ0n) is 12.8. The summed E-state index contributed by atoms with van der Waals surface area (Å²) in [6.07, 6.45) is 1.95. The topological polar surface area (TPSA) is 27.7 Å². The van der Waals surface area contributed by atoms with E-state index in [4.69, 9.17) is 12.7 Å². The summed E-state index contributed by atoms with van der Waals surface area (Å²) >= 11 is 0. The summed E-state index contributed by atoms with van der Waals surface area (Å²) in [6, 6.07) is 0. The molecule has 0 aromatic rings. The molecule has 0 fully saturated rings. The molecular formula is C11H28O3Si3. The Bertz CT molecular complexity index is 261. The van der Waals surface area contributed by atoms with Gasteiger partial charge in [0.1, 0.15) is 0 Å². The molecule has 0 saturated carbocycles. The zero-order valence-corrected chi connectivity index (χ0v) is 15.8. The van der Waals surface area contributed by atoms with Crippen molar-refractivity contribution in [1.29, 1.82) is 0 Å². The van der Waals surface area contributed by atoms with Crippen molar-refractivity contribution in [2.45, 2.75) is 59.7 Å². The molecule has 17 heavy (non-hydrogen) atoms. The van der Waals surface area contributed by atoms with Crippen LogP contribution in [0.15, 0.2) is 11.8 Å². The quantitative estimate of drug-likeness (QED) is 0.542. The second-order valence-electron chi connectivity index (χ2n) is 6.29. The van der Waals surface area contributed by atoms with Crippen LogP contribution in [0.5, 0.6) is 0 Å². The fraction of sp³-hybridized carbons (Fsp3) is 0.818. The molecule has 0 radical (unpaired) electrons. The molecule has 0 atom stereocenters. The molecule has 102 valence electrons. The second kappa shape index (κ2) is 5.83. The zero-order chi connectivity index (χ0) is 13.9. The lowest BCUT2D eigenvalue weighted by molar-refractivity contribution is 0.217. The van der Waals surface area contributed by atoms with Crippen molar-refractivity contribution >= 4 is 25.4 Å². The van der Waals surface area contributed by atoms with E-state index in [2.05, 4.69) is 39.3 Å². The molecule has 0 rings (SSSR count). The van der Waals surface area contributed by atoms with Gasteiger partial charge in [-0.05, 0) is 53.1 Å². The highest BCUT2D eigenvalue weighted by Crippen LogP contribution is 2.23.